The summed E-state index contributed by atoms with van der Waals surface area (Å²) >= 11 is 0. The van der Waals surface area contributed by atoms with Crippen molar-refractivity contribution in [2.75, 3.05) is 6.61 Å². The highest BCUT2D eigenvalue weighted by Gasteiger charge is 2.24. The highest BCUT2D eigenvalue weighted by atomic mass is 16.5. The molecule has 0 radical (unpaired) electrons. The second-order valence-corrected chi connectivity index (χ2v) is 17.6. The number of hydrogen-bond donors (Lipinski definition) is 3. The van der Waals surface area contributed by atoms with Gasteiger partial charge in [-0.2, -0.15) is 0 Å². The van der Waals surface area contributed by atoms with Gasteiger partial charge < -0.3 is 20.3 Å². The average Bonchev–Trinajstić information content (AvgIpc) is 3.26. The van der Waals surface area contributed by atoms with E-state index < -0.39 is 18.2 Å². The van der Waals surface area contributed by atoms with Crippen LogP contribution in [0.3, 0.4) is 0 Å². The molecule has 0 heterocycles. The molecule has 0 bridgehead atoms. The Hall–Kier alpha value is -2.70. The zero-order valence-corrected chi connectivity index (χ0v) is 40.7. The van der Waals surface area contributed by atoms with Gasteiger partial charge in [0, 0.05) is 6.42 Å². The number of rotatable bonds is 46. The Morgan fingerprint density at radius 2 is 0.871 bits per heavy atom. The number of hydrogen-bond acceptors (Lipinski definition) is 5. The Labute approximate surface area is 383 Å². The lowest BCUT2D eigenvalue weighted by Crippen LogP contribution is -2.46. The zero-order valence-electron chi connectivity index (χ0n) is 40.7. The number of esters is 1. The molecule has 3 unspecified atom stereocenters. The van der Waals surface area contributed by atoms with Gasteiger partial charge in [0.1, 0.15) is 6.10 Å². The van der Waals surface area contributed by atoms with E-state index in [1.54, 1.807) is 0 Å². The number of amides is 1. The first kappa shape index (κ1) is 59.3. The Balaban J connectivity index is 4.65. The van der Waals surface area contributed by atoms with Gasteiger partial charge in [0.2, 0.25) is 5.91 Å². The minimum absolute atomic E-state index is 0.0484. The molecule has 358 valence electrons. The molecule has 0 saturated carbocycles. The number of nitrogens with one attached hydrogen (secondary N) is 1. The molecule has 62 heavy (non-hydrogen) atoms. The number of aliphatic hydroxyl groups excluding tert-OH is 2. The summed E-state index contributed by atoms with van der Waals surface area (Å²) in [6, 6.07) is -0.717. The summed E-state index contributed by atoms with van der Waals surface area (Å²) in [6.07, 6.45) is 62.4. The van der Waals surface area contributed by atoms with Crippen LogP contribution in [0.15, 0.2) is 72.9 Å². The molecule has 0 saturated heterocycles. The van der Waals surface area contributed by atoms with E-state index in [-0.39, 0.29) is 24.9 Å². The lowest BCUT2D eigenvalue weighted by Gasteiger charge is -2.24. The predicted molar refractivity (Wildman–Crippen MR) is 268 cm³/mol. The predicted octanol–water partition coefficient (Wildman–Crippen LogP) is 15.8. The maximum atomic E-state index is 13.2. The smallest absolute Gasteiger partial charge is 0.306 e. The number of ether oxygens (including phenoxy) is 1. The number of unbranched alkanes of at least 4 members (excludes halogenated alkanes) is 23. The van der Waals surface area contributed by atoms with E-state index in [0.29, 0.717) is 19.3 Å². The van der Waals surface area contributed by atoms with Gasteiger partial charge in [-0.1, -0.05) is 209 Å². The minimum atomic E-state index is -0.801. The third-order valence-corrected chi connectivity index (χ3v) is 11.5. The van der Waals surface area contributed by atoms with Crippen LogP contribution in [0.25, 0.3) is 0 Å². The highest BCUT2D eigenvalue weighted by molar-refractivity contribution is 5.77. The fourth-order valence-electron chi connectivity index (χ4n) is 7.52. The van der Waals surface area contributed by atoms with Gasteiger partial charge in [0.25, 0.3) is 0 Å². The molecule has 1 amide bonds. The number of carbonyl (C=O) groups is 2. The fraction of sp³-hybridized carbons (Fsp3) is 0.750. The van der Waals surface area contributed by atoms with Gasteiger partial charge in [-0.3, -0.25) is 9.59 Å². The number of carbonyl (C=O) groups excluding carboxylic acids is 2. The lowest BCUT2D eigenvalue weighted by molar-refractivity contribution is -0.151. The molecular formula is C56H99NO5. The van der Waals surface area contributed by atoms with E-state index in [9.17, 15) is 19.8 Å². The summed E-state index contributed by atoms with van der Waals surface area (Å²) in [5.74, 6) is -0.532. The third kappa shape index (κ3) is 43.9. The van der Waals surface area contributed by atoms with Crippen LogP contribution in [0.2, 0.25) is 0 Å². The van der Waals surface area contributed by atoms with Crippen molar-refractivity contribution < 1.29 is 24.5 Å². The van der Waals surface area contributed by atoms with E-state index >= 15 is 0 Å². The van der Waals surface area contributed by atoms with Crippen LogP contribution in [0, 0.1) is 0 Å². The quantitative estimate of drug-likeness (QED) is 0.0245. The summed E-state index contributed by atoms with van der Waals surface area (Å²) in [5.41, 5.74) is 0. The maximum Gasteiger partial charge on any atom is 0.306 e. The van der Waals surface area contributed by atoms with E-state index in [2.05, 4.69) is 99.0 Å². The van der Waals surface area contributed by atoms with Crippen LogP contribution in [-0.4, -0.2) is 46.9 Å². The molecule has 0 fully saturated rings. The molecule has 0 aliphatic carbocycles. The molecule has 3 N–H and O–H groups in total. The Morgan fingerprint density at radius 1 is 0.484 bits per heavy atom. The van der Waals surface area contributed by atoms with Gasteiger partial charge in [-0.25, -0.2) is 0 Å². The average molecular weight is 866 g/mol. The van der Waals surface area contributed by atoms with E-state index in [0.717, 1.165) is 103 Å². The first-order valence-electron chi connectivity index (χ1n) is 26.2. The molecule has 0 rings (SSSR count). The second-order valence-electron chi connectivity index (χ2n) is 17.6. The van der Waals surface area contributed by atoms with Crippen LogP contribution in [0.1, 0.15) is 245 Å². The lowest BCUT2D eigenvalue weighted by atomic mass is 10.0. The van der Waals surface area contributed by atoms with Crippen molar-refractivity contribution in [3.63, 3.8) is 0 Å². The molecule has 0 aliphatic heterocycles. The normalized spacial score (nSPS) is 13.8. The molecule has 0 aromatic rings. The Bertz CT molecular complexity index is 1150. The summed E-state index contributed by atoms with van der Waals surface area (Å²) in [4.78, 5) is 26.1. The van der Waals surface area contributed by atoms with Gasteiger partial charge in [-0.05, 0) is 96.3 Å². The van der Waals surface area contributed by atoms with Crippen LogP contribution >= 0.6 is 0 Å². The molecule has 0 aromatic carbocycles. The molecule has 0 aliphatic rings. The van der Waals surface area contributed by atoms with Crippen LogP contribution < -0.4 is 5.32 Å². The van der Waals surface area contributed by atoms with Crippen molar-refractivity contribution in [2.45, 2.75) is 264 Å². The van der Waals surface area contributed by atoms with Gasteiger partial charge in [-0.15, -0.1) is 0 Å². The Morgan fingerprint density at radius 3 is 1.37 bits per heavy atom. The third-order valence-electron chi connectivity index (χ3n) is 11.5. The molecule has 6 nitrogen and oxygen atoms in total. The van der Waals surface area contributed by atoms with Gasteiger partial charge in [0.15, 0.2) is 0 Å². The number of allylic oxidation sites excluding steroid dienone is 12. The minimum Gasteiger partial charge on any atom is -0.462 e. The fourth-order valence-corrected chi connectivity index (χ4v) is 7.52. The molecule has 0 aromatic heterocycles. The van der Waals surface area contributed by atoms with Gasteiger partial charge >= 0.3 is 5.97 Å². The zero-order chi connectivity index (χ0) is 45.2. The molecular weight excluding hydrogens is 767 g/mol. The summed E-state index contributed by atoms with van der Waals surface area (Å²) in [7, 11) is 0. The first-order chi connectivity index (χ1) is 30.5. The molecule has 3 atom stereocenters. The van der Waals surface area contributed by atoms with Crippen molar-refractivity contribution in [2.24, 2.45) is 0 Å². The molecule has 6 heteroatoms. The van der Waals surface area contributed by atoms with Crippen molar-refractivity contribution in [3.8, 4) is 0 Å². The first-order valence-corrected chi connectivity index (χ1v) is 26.2. The summed E-state index contributed by atoms with van der Waals surface area (Å²) in [5, 5.41) is 23.7. The maximum absolute atomic E-state index is 13.2. The van der Waals surface area contributed by atoms with Crippen molar-refractivity contribution >= 4 is 11.9 Å². The monoisotopic (exact) mass is 866 g/mol. The van der Waals surface area contributed by atoms with Crippen LogP contribution in [0.5, 0.6) is 0 Å². The topological polar surface area (TPSA) is 95.9 Å². The second kappa shape index (κ2) is 49.3. The molecule has 0 spiro atoms. The SMILES string of the molecule is CCCCC/C=C\C/C=C\C/C=C\C/C=C\CCCCCC(=O)OC(CCCCCC/C=C/C=C/CCCCC)CC(=O)NC(CO)C(O)CCCCCCCCCCCCC. The van der Waals surface area contributed by atoms with Crippen LogP contribution in [0.4, 0.5) is 0 Å². The van der Waals surface area contributed by atoms with Gasteiger partial charge in [0.05, 0.1) is 25.2 Å². The highest BCUT2D eigenvalue weighted by Crippen LogP contribution is 2.17. The largest absolute Gasteiger partial charge is 0.462 e. The number of aliphatic hydroxyl groups is 2. The summed E-state index contributed by atoms with van der Waals surface area (Å²) < 4.78 is 5.91. The van der Waals surface area contributed by atoms with Crippen molar-refractivity contribution in [1.29, 1.82) is 0 Å². The Kier molecular flexibility index (Phi) is 47.2. The standard InChI is InChI=1S/C56H99NO5/c1-4-7-10-13-16-19-22-24-25-26-27-28-29-31-34-37-40-43-46-49-56(61)62-52(47-44-41-38-35-33-30-23-20-17-14-11-8-5-2)50-55(60)57-53(51-58)54(59)48-45-42-39-36-32-21-18-15-12-9-6-3/h16-17,19-20,23-25,27-28,30-31,34,52-54,58-59H,4-15,18,21-22,26,29,32-33,35-51H2,1-3H3,(H,57,60)/b19-16-,20-17+,25-24-,28-27-,30-23+,34-31-. The van der Waals surface area contributed by atoms with Crippen LogP contribution in [-0.2, 0) is 14.3 Å². The summed E-state index contributed by atoms with van der Waals surface area (Å²) in [6.45, 7) is 6.40. The van der Waals surface area contributed by atoms with Crippen molar-refractivity contribution in [1.82, 2.24) is 5.32 Å². The van der Waals surface area contributed by atoms with E-state index in [4.69, 9.17) is 4.74 Å². The van der Waals surface area contributed by atoms with Crippen molar-refractivity contribution in [3.05, 3.63) is 72.9 Å². The van der Waals surface area contributed by atoms with E-state index in [1.165, 1.54) is 96.3 Å². The van der Waals surface area contributed by atoms with E-state index in [1.807, 2.05) is 0 Å².